The molecule has 0 rings (SSSR count). The van der Waals surface area contributed by atoms with Crippen LogP contribution in [0.15, 0.2) is 0 Å². The normalized spacial score (nSPS) is 11.0. The van der Waals surface area contributed by atoms with Crippen LogP contribution in [0.5, 0.6) is 0 Å². The van der Waals surface area contributed by atoms with Crippen LogP contribution in [-0.4, -0.2) is 35.6 Å². The zero-order valence-electron chi connectivity index (χ0n) is 8.79. The van der Waals surface area contributed by atoms with E-state index in [1.165, 1.54) is 0 Å². The van der Waals surface area contributed by atoms with Gasteiger partial charge in [-0.25, -0.2) is 0 Å². The van der Waals surface area contributed by atoms with Crippen LogP contribution in [0.2, 0.25) is 0 Å². The second-order valence-corrected chi connectivity index (χ2v) is 3.53. The van der Waals surface area contributed by atoms with E-state index in [0.717, 1.165) is 0 Å². The average Bonchev–Trinajstić information content (AvgIpc) is 1.86. The second-order valence-electron chi connectivity index (χ2n) is 3.53. The van der Waals surface area contributed by atoms with E-state index in [-0.39, 0.29) is 18.3 Å². The van der Waals surface area contributed by atoms with Crippen molar-refractivity contribution in [1.29, 1.82) is 0 Å². The first-order valence-corrected chi connectivity index (χ1v) is 4.20. The van der Waals surface area contributed by atoms with E-state index in [9.17, 15) is 0 Å². The molecule has 0 bridgehead atoms. The van der Waals surface area contributed by atoms with Crippen molar-refractivity contribution in [1.82, 2.24) is 0 Å². The summed E-state index contributed by atoms with van der Waals surface area (Å²) in [7, 11) is 1.65. The third-order valence-electron chi connectivity index (χ3n) is 1.27. The van der Waals surface area contributed by atoms with E-state index in [1.54, 1.807) is 21.0 Å². The predicted octanol–water partition coefficient (Wildman–Crippen LogP) is 1.18. The van der Waals surface area contributed by atoms with Gasteiger partial charge < -0.3 is 14.9 Å². The topological polar surface area (TPSA) is 49.7 Å². The molecule has 2 N–H and O–H groups in total. The standard InChI is InChI=1S/C6H14O2.C3H8O/c1-6(2,8-3)4-5-7;1-3(2)4/h7H,4-5H2,1-3H3;3-4H,1-2H3. The first-order chi connectivity index (χ1) is 5.35. The summed E-state index contributed by atoms with van der Waals surface area (Å²) in [4.78, 5) is 0. The lowest BCUT2D eigenvalue weighted by atomic mass is 10.1. The Morgan fingerprint density at radius 2 is 1.67 bits per heavy atom. The fourth-order valence-corrected chi connectivity index (χ4v) is 0.371. The molecular weight excluding hydrogens is 156 g/mol. The van der Waals surface area contributed by atoms with Crippen LogP contribution in [0, 0.1) is 0 Å². The van der Waals surface area contributed by atoms with E-state index < -0.39 is 0 Å². The largest absolute Gasteiger partial charge is 0.396 e. The Hall–Kier alpha value is -0.120. The van der Waals surface area contributed by atoms with E-state index in [2.05, 4.69) is 0 Å². The Bertz CT molecular complexity index is 87.0. The van der Waals surface area contributed by atoms with Crippen molar-refractivity contribution in [3.63, 3.8) is 0 Å². The SMILES string of the molecule is CC(C)O.COC(C)(C)CCO. The third-order valence-corrected chi connectivity index (χ3v) is 1.27. The monoisotopic (exact) mass is 178 g/mol. The Kier molecular flexibility index (Phi) is 9.03. The highest BCUT2D eigenvalue weighted by Gasteiger charge is 2.13. The summed E-state index contributed by atoms with van der Waals surface area (Å²) in [5.74, 6) is 0. The molecule has 0 aliphatic carbocycles. The fraction of sp³-hybridized carbons (Fsp3) is 1.00. The summed E-state index contributed by atoms with van der Waals surface area (Å²) >= 11 is 0. The smallest absolute Gasteiger partial charge is 0.0644 e. The lowest BCUT2D eigenvalue weighted by Crippen LogP contribution is -2.23. The summed E-state index contributed by atoms with van der Waals surface area (Å²) in [5.41, 5.74) is -0.158. The van der Waals surface area contributed by atoms with E-state index in [0.29, 0.717) is 6.42 Å². The quantitative estimate of drug-likeness (QED) is 0.682. The van der Waals surface area contributed by atoms with Crippen LogP contribution >= 0.6 is 0 Å². The van der Waals surface area contributed by atoms with Gasteiger partial charge in [-0.3, -0.25) is 0 Å². The first-order valence-electron chi connectivity index (χ1n) is 4.20. The van der Waals surface area contributed by atoms with Gasteiger partial charge in [0.15, 0.2) is 0 Å². The molecule has 0 aromatic rings. The first kappa shape index (κ1) is 14.4. The van der Waals surface area contributed by atoms with Crippen LogP contribution in [0.4, 0.5) is 0 Å². The van der Waals surface area contributed by atoms with Crippen molar-refractivity contribution in [2.45, 2.75) is 45.8 Å². The number of aliphatic hydroxyl groups is 2. The molecule has 0 aliphatic rings. The van der Waals surface area contributed by atoms with Crippen molar-refractivity contribution in [3.8, 4) is 0 Å². The highest BCUT2D eigenvalue weighted by Crippen LogP contribution is 2.10. The van der Waals surface area contributed by atoms with Crippen LogP contribution in [0.3, 0.4) is 0 Å². The van der Waals surface area contributed by atoms with Gasteiger partial charge in [0.25, 0.3) is 0 Å². The van der Waals surface area contributed by atoms with Gasteiger partial charge in [0.1, 0.15) is 0 Å². The van der Waals surface area contributed by atoms with Crippen molar-refractivity contribution in [2.24, 2.45) is 0 Å². The van der Waals surface area contributed by atoms with Gasteiger partial charge in [-0.05, 0) is 34.1 Å². The molecule has 0 radical (unpaired) electrons. The summed E-state index contributed by atoms with van der Waals surface area (Å²) in [6, 6.07) is 0. The zero-order chi connectivity index (χ0) is 10.2. The Morgan fingerprint density at radius 1 is 1.33 bits per heavy atom. The fourth-order valence-electron chi connectivity index (χ4n) is 0.371. The minimum atomic E-state index is -0.167. The van der Waals surface area contributed by atoms with Gasteiger partial charge in [-0.1, -0.05) is 0 Å². The molecule has 0 amide bonds. The van der Waals surface area contributed by atoms with E-state index in [4.69, 9.17) is 14.9 Å². The molecule has 3 nitrogen and oxygen atoms in total. The molecule has 76 valence electrons. The maximum Gasteiger partial charge on any atom is 0.0644 e. The molecule has 0 saturated heterocycles. The number of ether oxygens (including phenoxy) is 1. The van der Waals surface area contributed by atoms with Gasteiger partial charge in [0.05, 0.1) is 5.60 Å². The van der Waals surface area contributed by atoms with Crippen molar-refractivity contribution in [3.05, 3.63) is 0 Å². The van der Waals surface area contributed by atoms with Gasteiger partial charge in [0, 0.05) is 19.8 Å². The average molecular weight is 178 g/mol. The molecule has 12 heavy (non-hydrogen) atoms. The minimum absolute atomic E-state index is 0.158. The maximum absolute atomic E-state index is 8.45. The highest BCUT2D eigenvalue weighted by molar-refractivity contribution is 4.65. The third kappa shape index (κ3) is 16.5. The Morgan fingerprint density at radius 3 is 1.75 bits per heavy atom. The number of aliphatic hydroxyl groups excluding tert-OH is 2. The Balaban J connectivity index is 0. The number of methoxy groups -OCH3 is 1. The molecule has 0 aromatic heterocycles. The summed E-state index contributed by atoms with van der Waals surface area (Å²) in [6.07, 6.45) is 0.531. The van der Waals surface area contributed by atoms with Crippen LogP contribution < -0.4 is 0 Å². The number of hydrogen-bond donors (Lipinski definition) is 2. The predicted molar refractivity (Wildman–Crippen MR) is 50.1 cm³/mol. The van der Waals surface area contributed by atoms with Gasteiger partial charge >= 0.3 is 0 Å². The Labute approximate surface area is 75.4 Å². The molecular formula is C9H22O3. The second kappa shape index (κ2) is 7.53. The molecule has 0 aromatic carbocycles. The van der Waals surface area contributed by atoms with Gasteiger partial charge in [0.2, 0.25) is 0 Å². The highest BCUT2D eigenvalue weighted by atomic mass is 16.5. The minimum Gasteiger partial charge on any atom is -0.396 e. The molecule has 0 atom stereocenters. The number of rotatable bonds is 3. The van der Waals surface area contributed by atoms with Crippen molar-refractivity contribution < 1.29 is 14.9 Å². The van der Waals surface area contributed by atoms with Gasteiger partial charge in [-0.2, -0.15) is 0 Å². The molecule has 0 spiro atoms. The van der Waals surface area contributed by atoms with Crippen molar-refractivity contribution >= 4 is 0 Å². The molecule has 0 heterocycles. The lowest BCUT2D eigenvalue weighted by molar-refractivity contribution is 0.00293. The van der Waals surface area contributed by atoms with Crippen molar-refractivity contribution in [2.75, 3.05) is 13.7 Å². The zero-order valence-corrected chi connectivity index (χ0v) is 8.79. The molecule has 0 unspecified atom stereocenters. The molecule has 3 heteroatoms. The molecule has 0 saturated carbocycles. The van der Waals surface area contributed by atoms with E-state index >= 15 is 0 Å². The summed E-state index contributed by atoms with van der Waals surface area (Å²) in [6.45, 7) is 7.54. The lowest BCUT2D eigenvalue weighted by Gasteiger charge is -2.20. The maximum atomic E-state index is 8.45. The summed E-state index contributed by atoms with van der Waals surface area (Å²) in [5, 5.41) is 16.5. The van der Waals surface area contributed by atoms with Gasteiger partial charge in [-0.15, -0.1) is 0 Å². The molecule has 0 aliphatic heterocycles. The molecule has 0 fully saturated rings. The summed E-state index contributed by atoms with van der Waals surface area (Å²) < 4.78 is 5.02. The number of hydrogen-bond acceptors (Lipinski definition) is 3. The van der Waals surface area contributed by atoms with Crippen LogP contribution in [-0.2, 0) is 4.74 Å². The van der Waals surface area contributed by atoms with E-state index in [1.807, 2.05) is 13.8 Å². The van der Waals surface area contributed by atoms with Crippen LogP contribution in [0.1, 0.15) is 34.1 Å². The van der Waals surface area contributed by atoms with Crippen LogP contribution in [0.25, 0.3) is 0 Å².